The molecule has 2 rings (SSSR count). The second-order valence-corrected chi connectivity index (χ2v) is 3.69. The van der Waals surface area contributed by atoms with E-state index in [1.54, 1.807) is 26.5 Å². The van der Waals surface area contributed by atoms with E-state index < -0.39 is 6.09 Å². The van der Waals surface area contributed by atoms with E-state index in [0.717, 1.165) is 10.8 Å². The largest absolute Gasteiger partial charge is 0.477 e. The van der Waals surface area contributed by atoms with Crippen LogP contribution in [-0.4, -0.2) is 25.1 Å². The maximum atomic E-state index is 11.3. The van der Waals surface area contributed by atoms with Gasteiger partial charge in [-0.15, -0.1) is 0 Å². The Morgan fingerprint density at radius 2 is 1.88 bits per heavy atom. The fourth-order valence-corrected chi connectivity index (χ4v) is 1.34. The van der Waals surface area contributed by atoms with E-state index in [1.807, 2.05) is 30.3 Å². The van der Waals surface area contributed by atoms with Gasteiger partial charge >= 0.3 is 6.09 Å². The topological polar surface area (TPSA) is 33.4 Å². The number of carbonyl (C=O) groups is 1. The number of benzene rings is 1. The van der Waals surface area contributed by atoms with E-state index in [9.17, 15) is 4.79 Å². The van der Waals surface area contributed by atoms with Crippen molar-refractivity contribution in [2.45, 2.75) is 0 Å². The lowest BCUT2D eigenvalue weighted by Gasteiger charge is -2.04. The predicted octanol–water partition coefficient (Wildman–Crippen LogP) is 1.24. The highest BCUT2D eigenvalue weighted by atomic mass is 16.7. The van der Waals surface area contributed by atoms with Crippen molar-refractivity contribution in [3.05, 3.63) is 42.7 Å². The number of fused-ring (bicyclic) bond motifs is 1. The molecule has 0 saturated heterocycles. The quantitative estimate of drug-likeness (QED) is 0.673. The van der Waals surface area contributed by atoms with Gasteiger partial charge in [-0.25, -0.2) is 4.79 Å². The second-order valence-electron chi connectivity index (χ2n) is 3.69. The van der Waals surface area contributed by atoms with Crippen LogP contribution in [0.4, 0.5) is 4.79 Å². The standard InChI is InChI=1S/C12H13N2O2/c1-13(2)12(15)16-14-8-7-10-5-3-4-6-11(10)9-14/h3-9H,1-2H3/q+1. The van der Waals surface area contributed by atoms with Gasteiger partial charge in [0.15, 0.2) is 0 Å². The Kier molecular flexibility index (Phi) is 2.72. The number of nitrogens with zero attached hydrogens (tertiary/aromatic N) is 2. The summed E-state index contributed by atoms with van der Waals surface area (Å²) in [5.41, 5.74) is 0. The molecule has 4 nitrogen and oxygen atoms in total. The summed E-state index contributed by atoms with van der Waals surface area (Å²) < 4.78 is 1.41. The van der Waals surface area contributed by atoms with Gasteiger partial charge in [0.05, 0.1) is 5.39 Å². The van der Waals surface area contributed by atoms with Crippen LogP contribution in [0, 0.1) is 0 Å². The van der Waals surface area contributed by atoms with Gasteiger partial charge in [-0.3, -0.25) is 0 Å². The minimum absolute atomic E-state index is 0.403. The zero-order chi connectivity index (χ0) is 11.5. The highest BCUT2D eigenvalue weighted by Crippen LogP contribution is 2.09. The molecule has 0 spiro atoms. The molecule has 0 N–H and O–H groups in total. The fourth-order valence-electron chi connectivity index (χ4n) is 1.34. The molecule has 0 aliphatic carbocycles. The molecule has 0 aliphatic heterocycles. The fraction of sp³-hybridized carbons (Fsp3) is 0.167. The number of carbonyl (C=O) groups excluding carboxylic acids is 1. The van der Waals surface area contributed by atoms with Crippen molar-refractivity contribution in [3.8, 4) is 0 Å². The van der Waals surface area contributed by atoms with Gasteiger partial charge in [0.2, 0.25) is 12.4 Å². The van der Waals surface area contributed by atoms with E-state index >= 15 is 0 Å². The summed E-state index contributed by atoms with van der Waals surface area (Å²) in [6, 6.07) is 9.79. The van der Waals surface area contributed by atoms with Crippen molar-refractivity contribution in [1.29, 1.82) is 0 Å². The Hall–Kier alpha value is -2.10. The molecule has 16 heavy (non-hydrogen) atoms. The Balaban J connectivity index is 2.29. The Bertz CT molecular complexity index is 523. The predicted molar refractivity (Wildman–Crippen MR) is 59.8 cm³/mol. The van der Waals surface area contributed by atoms with Crippen LogP contribution >= 0.6 is 0 Å². The minimum atomic E-state index is -0.403. The summed E-state index contributed by atoms with van der Waals surface area (Å²) in [6.45, 7) is 0. The number of amides is 1. The smallest absolute Gasteiger partial charge is 0.309 e. The molecule has 1 heterocycles. The first kappa shape index (κ1) is 10.4. The average molecular weight is 217 g/mol. The van der Waals surface area contributed by atoms with E-state index in [-0.39, 0.29) is 0 Å². The molecule has 0 saturated carbocycles. The first-order valence-corrected chi connectivity index (χ1v) is 4.96. The third-order valence-corrected chi connectivity index (χ3v) is 2.21. The summed E-state index contributed by atoms with van der Waals surface area (Å²) >= 11 is 0. The first-order valence-electron chi connectivity index (χ1n) is 4.96. The van der Waals surface area contributed by atoms with Gasteiger partial charge in [-0.2, -0.15) is 4.84 Å². The SMILES string of the molecule is CN(C)C(=O)O[n+]1ccc2ccccc2c1. The molecular formula is C12H13N2O2+. The Morgan fingerprint density at radius 3 is 2.56 bits per heavy atom. The van der Waals surface area contributed by atoms with Crippen LogP contribution in [0.15, 0.2) is 42.7 Å². The third kappa shape index (κ3) is 2.11. The highest BCUT2D eigenvalue weighted by Gasteiger charge is 2.13. The second kappa shape index (κ2) is 4.18. The number of pyridine rings is 1. The molecule has 0 radical (unpaired) electrons. The number of hydrogen-bond donors (Lipinski definition) is 0. The molecule has 1 aromatic carbocycles. The van der Waals surface area contributed by atoms with Gasteiger partial charge in [-0.1, -0.05) is 18.2 Å². The molecule has 0 aliphatic rings. The van der Waals surface area contributed by atoms with E-state index in [4.69, 9.17) is 4.84 Å². The Morgan fingerprint density at radius 1 is 1.19 bits per heavy atom. The van der Waals surface area contributed by atoms with Crippen LogP contribution in [0.5, 0.6) is 0 Å². The molecule has 0 unspecified atom stereocenters. The maximum absolute atomic E-state index is 11.3. The molecular weight excluding hydrogens is 204 g/mol. The van der Waals surface area contributed by atoms with Crippen LogP contribution in [0.3, 0.4) is 0 Å². The van der Waals surface area contributed by atoms with Crippen LogP contribution < -0.4 is 9.57 Å². The molecule has 1 aromatic heterocycles. The normalized spacial score (nSPS) is 10.1. The zero-order valence-corrected chi connectivity index (χ0v) is 9.25. The van der Waals surface area contributed by atoms with E-state index in [1.165, 1.54) is 9.63 Å². The molecule has 2 aromatic rings. The molecule has 4 heteroatoms. The highest BCUT2D eigenvalue weighted by molar-refractivity contribution is 5.80. The Labute approximate surface area is 93.6 Å². The van der Waals surface area contributed by atoms with Crippen molar-refractivity contribution >= 4 is 16.9 Å². The van der Waals surface area contributed by atoms with Crippen LogP contribution in [0.1, 0.15) is 0 Å². The van der Waals surface area contributed by atoms with Gasteiger partial charge < -0.3 is 4.90 Å². The van der Waals surface area contributed by atoms with Crippen molar-refractivity contribution in [2.24, 2.45) is 0 Å². The monoisotopic (exact) mass is 217 g/mol. The van der Waals surface area contributed by atoms with Crippen LogP contribution in [0.25, 0.3) is 10.8 Å². The lowest BCUT2D eigenvalue weighted by Crippen LogP contribution is -2.48. The summed E-state index contributed by atoms with van der Waals surface area (Å²) in [7, 11) is 3.29. The summed E-state index contributed by atoms with van der Waals surface area (Å²) in [6.07, 6.45) is 3.08. The third-order valence-electron chi connectivity index (χ3n) is 2.21. The van der Waals surface area contributed by atoms with Crippen LogP contribution in [-0.2, 0) is 0 Å². The summed E-state index contributed by atoms with van der Waals surface area (Å²) in [5.74, 6) is 0. The molecule has 1 amide bonds. The first-order chi connectivity index (χ1) is 7.66. The van der Waals surface area contributed by atoms with E-state index in [2.05, 4.69) is 0 Å². The van der Waals surface area contributed by atoms with E-state index in [0.29, 0.717) is 0 Å². The maximum Gasteiger partial charge on any atom is 0.477 e. The van der Waals surface area contributed by atoms with Crippen molar-refractivity contribution < 1.29 is 14.4 Å². The van der Waals surface area contributed by atoms with Crippen molar-refractivity contribution in [2.75, 3.05) is 14.1 Å². The lowest BCUT2D eigenvalue weighted by molar-refractivity contribution is -0.868. The molecule has 0 bridgehead atoms. The van der Waals surface area contributed by atoms with Gasteiger partial charge in [0.1, 0.15) is 0 Å². The van der Waals surface area contributed by atoms with Gasteiger partial charge in [0, 0.05) is 24.9 Å². The molecule has 0 fully saturated rings. The summed E-state index contributed by atoms with van der Waals surface area (Å²) in [4.78, 5) is 17.8. The molecule has 0 atom stereocenters. The van der Waals surface area contributed by atoms with Crippen molar-refractivity contribution in [1.82, 2.24) is 4.90 Å². The van der Waals surface area contributed by atoms with Gasteiger partial charge in [-0.05, 0) is 11.5 Å². The average Bonchev–Trinajstić information content (AvgIpc) is 2.28. The number of hydrogen-bond acceptors (Lipinski definition) is 2. The minimum Gasteiger partial charge on any atom is -0.309 e. The number of rotatable bonds is 1. The molecule has 82 valence electrons. The van der Waals surface area contributed by atoms with Crippen molar-refractivity contribution in [3.63, 3.8) is 0 Å². The van der Waals surface area contributed by atoms with Gasteiger partial charge in [0.25, 0.3) is 0 Å². The van der Waals surface area contributed by atoms with Crippen LogP contribution in [0.2, 0.25) is 0 Å². The lowest BCUT2D eigenvalue weighted by atomic mass is 10.2. The summed E-state index contributed by atoms with van der Waals surface area (Å²) in [5, 5.41) is 2.14. The zero-order valence-electron chi connectivity index (χ0n) is 9.25. The number of aromatic nitrogens is 1.